The van der Waals surface area contributed by atoms with E-state index in [1.165, 1.54) is 40.7 Å². The lowest BCUT2D eigenvalue weighted by molar-refractivity contribution is -0.113. The number of carbonyl (C=O) groups is 3. The van der Waals surface area contributed by atoms with Gasteiger partial charge in [0.1, 0.15) is 5.00 Å². The molecule has 1 aromatic carbocycles. The summed E-state index contributed by atoms with van der Waals surface area (Å²) in [6.45, 7) is 2.08. The Labute approximate surface area is 212 Å². The Kier molecular flexibility index (Phi) is 8.65. The maximum Gasteiger partial charge on any atom is 0.341 e. The maximum atomic E-state index is 12.8. The van der Waals surface area contributed by atoms with Crippen LogP contribution in [0.15, 0.2) is 52.0 Å². The third kappa shape index (κ3) is 6.55. The lowest BCUT2D eigenvalue weighted by atomic mass is 9.96. The minimum absolute atomic E-state index is 0.167. The lowest BCUT2D eigenvalue weighted by Gasteiger charge is -2.11. The second kappa shape index (κ2) is 12.1. The van der Waals surface area contributed by atoms with Crippen molar-refractivity contribution in [3.63, 3.8) is 0 Å². The van der Waals surface area contributed by atoms with Crippen molar-refractivity contribution in [1.82, 2.24) is 0 Å². The van der Waals surface area contributed by atoms with Crippen molar-refractivity contribution in [2.75, 3.05) is 23.0 Å². The van der Waals surface area contributed by atoms with Crippen LogP contribution in [0.4, 0.5) is 10.7 Å². The summed E-state index contributed by atoms with van der Waals surface area (Å²) < 4.78 is 10.4. The van der Waals surface area contributed by atoms with Crippen LogP contribution in [0.1, 0.15) is 64.0 Å². The van der Waals surface area contributed by atoms with Gasteiger partial charge in [-0.05, 0) is 68.5 Å². The van der Waals surface area contributed by atoms with Gasteiger partial charge < -0.3 is 19.8 Å². The molecule has 1 aliphatic rings. The molecule has 35 heavy (non-hydrogen) atoms. The fourth-order valence-electron chi connectivity index (χ4n) is 4.00. The van der Waals surface area contributed by atoms with Gasteiger partial charge in [-0.1, -0.05) is 18.9 Å². The van der Waals surface area contributed by atoms with E-state index in [9.17, 15) is 14.4 Å². The minimum atomic E-state index is -0.367. The molecule has 0 bridgehead atoms. The molecule has 2 N–H and O–H groups in total. The lowest BCUT2D eigenvalue weighted by Crippen LogP contribution is -2.17. The van der Waals surface area contributed by atoms with E-state index >= 15 is 0 Å². The summed E-state index contributed by atoms with van der Waals surface area (Å²) in [6, 6.07) is 10.5. The summed E-state index contributed by atoms with van der Waals surface area (Å²) >= 11 is 2.85. The molecule has 184 valence electrons. The monoisotopic (exact) mass is 512 g/mol. The van der Waals surface area contributed by atoms with Gasteiger partial charge in [-0.15, -0.1) is 23.1 Å². The summed E-state index contributed by atoms with van der Waals surface area (Å²) in [6.07, 6.45) is 7.66. The standard InChI is InChI=1S/C26H28N2O5S2/c1-2-32-26(31)23-19-11-5-3-4-6-13-21(19)35-25(23)28-22(29)16-34-18-10-7-9-17(15-18)27-24(30)20-12-8-14-33-20/h7-10,12,14-15H,2-6,11,13,16H2,1H3,(H,27,30)(H,28,29). The number of thioether (sulfide) groups is 1. The third-order valence-corrected chi connectivity index (χ3v) is 7.81. The molecule has 7 nitrogen and oxygen atoms in total. The number of thiophene rings is 1. The van der Waals surface area contributed by atoms with E-state index in [0.717, 1.165) is 42.6 Å². The number of anilines is 2. The fraction of sp³-hybridized carbons (Fsp3) is 0.346. The number of nitrogens with one attached hydrogen (secondary N) is 2. The molecule has 0 aliphatic heterocycles. The van der Waals surface area contributed by atoms with Gasteiger partial charge in [0.05, 0.1) is 24.2 Å². The average Bonchev–Trinajstić information content (AvgIpc) is 3.47. The molecule has 1 aliphatic carbocycles. The van der Waals surface area contributed by atoms with Gasteiger partial charge in [-0.3, -0.25) is 9.59 Å². The van der Waals surface area contributed by atoms with E-state index in [-0.39, 0.29) is 29.3 Å². The maximum absolute atomic E-state index is 12.8. The Balaban J connectivity index is 1.42. The van der Waals surface area contributed by atoms with Crippen molar-refractivity contribution in [1.29, 1.82) is 0 Å². The number of carbonyl (C=O) groups excluding carboxylic acids is 3. The van der Waals surface area contributed by atoms with Crippen molar-refractivity contribution in [3.8, 4) is 0 Å². The zero-order valence-electron chi connectivity index (χ0n) is 19.6. The molecule has 3 aromatic rings. The quantitative estimate of drug-likeness (QED) is 0.277. The van der Waals surface area contributed by atoms with Gasteiger partial charge in [0.25, 0.3) is 5.91 Å². The van der Waals surface area contributed by atoms with Crippen molar-refractivity contribution in [2.24, 2.45) is 0 Å². The topological polar surface area (TPSA) is 97.6 Å². The predicted molar refractivity (Wildman–Crippen MR) is 139 cm³/mol. The Hall–Kier alpha value is -3.04. The molecule has 9 heteroatoms. The minimum Gasteiger partial charge on any atom is -0.462 e. The zero-order chi connectivity index (χ0) is 24.6. The van der Waals surface area contributed by atoms with E-state index in [2.05, 4.69) is 10.6 Å². The Morgan fingerprint density at radius 2 is 1.89 bits per heavy atom. The second-order valence-electron chi connectivity index (χ2n) is 8.14. The number of aryl methyl sites for hydroxylation is 1. The van der Waals surface area contributed by atoms with Crippen LogP contribution >= 0.6 is 23.1 Å². The van der Waals surface area contributed by atoms with Crippen molar-refractivity contribution in [2.45, 2.75) is 50.3 Å². The molecule has 2 aromatic heterocycles. The highest BCUT2D eigenvalue weighted by Gasteiger charge is 2.26. The fourth-order valence-corrected chi connectivity index (χ4v) is 6.05. The number of esters is 1. The first-order valence-electron chi connectivity index (χ1n) is 11.7. The Morgan fingerprint density at radius 3 is 2.66 bits per heavy atom. The van der Waals surface area contributed by atoms with E-state index in [1.54, 1.807) is 31.2 Å². The van der Waals surface area contributed by atoms with Crippen LogP contribution in [0.2, 0.25) is 0 Å². The van der Waals surface area contributed by atoms with E-state index in [0.29, 0.717) is 22.9 Å². The molecule has 0 saturated carbocycles. The third-order valence-electron chi connectivity index (χ3n) is 5.61. The van der Waals surface area contributed by atoms with Crippen LogP contribution in [0.3, 0.4) is 0 Å². The highest BCUT2D eigenvalue weighted by molar-refractivity contribution is 8.00. The summed E-state index contributed by atoms with van der Waals surface area (Å²) in [7, 11) is 0. The molecule has 0 spiro atoms. The van der Waals surface area contributed by atoms with Gasteiger partial charge in [0.15, 0.2) is 5.76 Å². The predicted octanol–water partition coefficient (Wildman–Crippen LogP) is 6.16. The summed E-state index contributed by atoms with van der Waals surface area (Å²) in [4.78, 5) is 39.8. The smallest absolute Gasteiger partial charge is 0.341 e. The van der Waals surface area contributed by atoms with Crippen molar-refractivity contribution < 1.29 is 23.5 Å². The number of rotatable bonds is 8. The first-order valence-corrected chi connectivity index (χ1v) is 13.5. The Morgan fingerprint density at radius 1 is 1.06 bits per heavy atom. The SMILES string of the molecule is CCOC(=O)c1c(NC(=O)CSc2cccc(NC(=O)c3ccco3)c2)sc2c1CCCCCC2. The number of benzene rings is 1. The summed E-state index contributed by atoms with van der Waals surface area (Å²) in [5, 5.41) is 6.33. The first-order chi connectivity index (χ1) is 17.0. The number of hydrogen-bond acceptors (Lipinski definition) is 7. The molecule has 4 rings (SSSR count). The second-order valence-corrected chi connectivity index (χ2v) is 10.3. The number of amides is 2. The Bertz CT molecular complexity index is 1190. The van der Waals surface area contributed by atoms with Crippen LogP contribution in [0.5, 0.6) is 0 Å². The molecule has 0 atom stereocenters. The van der Waals surface area contributed by atoms with Crippen LogP contribution in [-0.4, -0.2) is 30.1 Å². The zero-order valence-corrected chi connectivity index (χ0v) is 21.2. The van der Waals surface area contributed by atoms with Crippen LogP contribution in [0, 0.1) is 0 Å². The molecular weight excluding hydrogens is 484 g/mol. The van der Waals surface area contributed by atoms with Crippen LogP contribution < -0.4 is 10.6 Å². The summed E-state index contributed by atoms with van der Waals surface area (Å²) in [5.74, 6) is -0.506. The molecular formula is C26H28N2O5S2. The molecule has 0 saturated heterocycles. The van der Waals surface area contributed by atoms with Gasteiger partial charge in [-0.25, -0.2) is 4.79 Å². The molecule has 0 fully saturated rings. The van der Waals surface area contributed by atoms with Gasteiger partial charge in [-0.2, -0.15) is 0 Å². The highest BCUT2D eigenvalue weighted by Crippen LogP contribution is 2.38. The first kappa shape index (κ1) is 25.1. The average molecular weight is 513 g/mol. The van der Waals surface area contributed by atoms with E-state index in [1.807, 2.05) is 12.1 Å². The number of hydrogen-bond donors (Lipinski definition) is 2. The van der Waals surface area contributed by atoms with Gasteiger partial charge in [0, 0.05) is 15.5 Å². The highest BCUT2D eigenvalue weighted by atomic mass is 32.2. The molecule has 0 radical (unpaired) electrons. The van der Waals surface area contributed by atoms with E-state index < -0.39 is 0 Å². The molecule has 2 amide bonds. The summed E-state index contributed by atoms with van der Waals surface area (Å²) in [5.41, 5.74) is 2.17. The van der Waals surface area contributed by atoms with Crippen molar-refractivity contribution >= 4 is 51.6 Å². The van der Waals surface area contributed by atoms with Crippen molar-refractivity contribution in [3.05, 3.63) is 64.4 Å². The number of fused-ring (bicyclic) bond motifs is 1. The van der Waals surface area contributed by atoms with Gasteiger partial charge >= 0.3 is 5.97 Å². The number of ether oxygens (including phenoxy) is 1. The number of furan rings is 1. The molecule has 0 unspecified atom stereocenters. The van der Waals surface area contributed by atoms with E-state index in [4.69, 9.17) is 9.15 Å². The van der Waals surface area contributed by atoms with Gasteiger partial charge in [0.2, 0.25) is 5.91 Å². The van der Waals surface area contributed by atoms with Crippen LogP contribution in [-0.2, 0) is 22.4 Å². The largest absolute Gasteiger partial charge is 0.462 e. The molecule has 2 heterocycles. The normalized spacial score (nSPS) is 13.3. The van der Waals surface area contributed by atoms with Crippen LogP contribution in [0.25, 0.3) is 0 Å².